The predicted octanol–water partition coefficient (Wildman–Crippen LogP) is 5.04. The third-order valence-electron chi connectivity index (χ3n) is 4.47. The minimum atomic E-state index is 0.253. The average molecular weight is 316 g/mol. The molecular weight excluding hydrogens is 284 g/mol. The maximum absolute atomic E-state index is 6.03. The van der Waals surface area contributed by atoms with Crippen LogP contribution in [0.15, 0.2) is 18.2 Å². The van der Waals surface area contributed by atoms with E-state index < -0.39 is 0 Å². The molecule has 0 saturated heterocycles. The van der Waals surface area contributed by atoms with Gasteiger partial charge in [0.1, 0.15) is 5.75 Å². The quantitative estimate of drug-likeness (QED) is 0.739. The molecule has 1 aromatic carbocycles. The Bertz CT molecular complexity index is 643. The van der Waals surface area contributed by atoms with E-state index in [0.29, 0.717) is 6.04 Å². The lowest BCUT2D eigenvalue weighted by atomic mass is 10.1. The molecule has 128 valence electrons. The SMILES string of the molecule is CCCn1c(C)c(CNC(C)C)c2cc(O[C@H](C)CC)ccc21. The lowest BCUT2D eigenvalue weighted by Crippen LogP contribution is -2.22. The topological polar surface area (TPSA) is 26.2 Å². The first-order valence-corrected chi connectivity index (χ1v) is 8.99. The van der Waals surface area contributed by atoms with Crippen LogP contribution in [0.5, 0.6) is 5.75 Å². The van der Waals surface area contributed by atoms with Crippen LogP contribution in [0.2, 0.25) is 0 Å². The van der Waals surface area contributed by atoms with Crippen molar-refractivity contribution < 1.29 is 4.74 Å². The molecule has 1 aromatic heterocycles. The predicted molar refractivity (Wildman–Crippen MR) is 99.3 cm³/mol. The Morgan fingerprint density at radius 2 is 1.91 bits per heavy atom. The second kappa shape index (κ2) is 7.87. The highest BCUT2D eigenvalue weighted by molar-refractivity contribution is 5.87. The molecule has 0 spiro atoms. The maximum atomic E-state index is 6.03. The number of nitrogens with one attached hydrogen (secondary N) is 1. The Balaban J connectivity index is 2.46. The highest BCUT2D eigenvalue weighted by Gasteiger charge is 2.15. The maximum Gasteiger partial charge on any atom is 0.120 e. The summed E-state index contributed by atoms with van der Waals surface area (Å²) in [6.07, 6.45) is 2.42. The van der Waals surface area contributed by atoms with Gasteiger partial charge < -0.3 is 14.6 Å². The summed E-state index contributed by atoms with van der Waals surface area (Å²) in [6.45, 7) is 15.1. The Labute approximate surface area is 141 Å². The molecule has 0 aliphatic heterocycles. The zero-order chi connectivity index (χ0) is 17.0. The van der Waals surface area contributed by atoms with Crippen LogP contribution in [0.25, 0.3) is 10.9 Å². The van der Waals surface area contributed by atoms with Crippen molar-refractivity contribution in [1.29, 1.82) is 0 Å². The van der Waals surface area contributed by atoms with Gasteiger partial charge in [-0.15, -0.1) is 0 Å². The van der Waals surface area contributed by atoms with Gasteiger partial charge in [-0.3, -0.25) is 0 Å². The fourth-order valence-corrected chi connectivity index (χ4v) is 2.96. The summed E-state index contributed by atoms with van der Waals surface area (Å²) >= 11 is 0. The summed E-state index contributed by atoms with van der Waals surface area (Å²) in [7, 11) is 0. The molecule has 0 unspecified atom stereocenters. The van der Waals surface area contributed by atoms with Crippen LogP contribution in [-0.4, -0.2) is 16.7 Å². The molecule has 0 aliphatic carbocycles. The van der Waals surface area contributed by atoms with Crippen molar-refractivity contribution in [2.45, 2.75) is 79.6 Å². The number of rotatable bonds is 8. The third kappa shape index (κ3) is 4.08. The van der Waals surface area contributed by atoms with Gasteiger partial charge in [0, 0.05) is 35.7 Å². The standard InChI is InChI=1S/C20H32N2O/c1-7-11-22-16(6)19(13-21-14(3)4)18-12-17(9-10-20(18)22)23-15(5)8-2/h9-10,12,14-15,21H,7-8,11,13H2,1-6H3/t15-/m1/s1. The number of benzene rings is 1. The molecule has 1 atom stereocenters. The van der Waals surface area contributed by atoms with Crippen LogP contribution in [0, 0.1) is 6.92 Å². The van der Waals surface area contributed by atoms with Crippen molar-refractivity contribution >= 4 is 10.9 Å². The molecule has 1 heterocycles. The lowest BCUT2D eigenvalue weighted by molar-refractivity contribution is 0.217. The molecular formula is C20H32N2O. The highest BCUT2D eigenvalue weighted by atomic mass is 16.5. The number of aromatic nitrogens is 1. The monoisotopic (exact) mass is 316 g/mol. The average Bonchev–Trinajstić information content (AvgIpc) is 2.77. The normalized spacial score (nSPS) is 13.0. The van der Waals surface area contributed by atoms with E-state index in [4.69, 9.17) is 4.74 Å². The van der Waals surface area contributed by atoms with Crippen molar-refractivity contribution in [2.75, 3.05) is 0 Å². The summed E-state index contributed by atoms with van der Waals surface area (Å²) in [4.78, 5) is 0. The third-order valence-corrected chi connectivity index (χ3v) is 4.47. The highest BCUT2D eigenvalue weighted by Crippen LogP contribution is 2.30. The zero-order valence-corrected chi connectivity index (χ0v) is 15.6. The first-order valence-electron chi connectivity index (χ1n) is 8.99. The van der Waals surface area contributed by atoms with Gasteiger partial charge in [0.15, 0.2) is 0 Å². The van der Waals surface area contributed by atoms with Gasteiger partial charge in [-0.05, 0) is 50.5 Å². The number of ether oxygens (including phenoxy) is 1. The molecule has 1 N–H and O–H groups in total. The van der Waals surface area contributed by atoms with E-state index in [1.165, 1.54) is 22.2 Å². The van der Waals surface area contributed by atoms with Gasteiger partial charge in [0.05, 0.1) is 6.10 Å². The van der Waals surface area contributed by atoms with E-state index in [0.717, 1.165) is 31.7 Å². The van der Waals surface area contributed by atoms with Crippen LogP contribution in [0.3, 0.4) is 0 Å². The van der Waals surface area contributed by atoms with Crippen molar-refractivity contribution in [3.8, 4) is 5.75 Å². The summed E-state index contributed by atoms with van der Waals surface area (Å²) in [5, 5.41) is 4.89. The van der Waals surface area contributed by atoms with Crippen molar-refractivity contribution in [2.24, 2.45) is 0 Å². The van der Waals surface area contributed by atoms with Crippen LogP contribution in [-0.2, 0) is 13.1 Å². The summed E-state index contributed by atoms with van der Waals surface area (Å²) in [6, 6.07) is 7.03. The van der Waals surface area contributed by atoms with Gasteiger partial charge >= 0.3 is 0 Å². The number of aryl methyl sites for hydroxylation is 1. The molecule has 0 saturated carbocycles. The number of fused-ring (bicyclic) bond motifs is 1. The summed E-state index contributed by atoms with van der Waals surface area (Å²) in [5.74, 6) is 0.978. The molecule has 2 rings (SSSR count). The second-order valence-electron chi connectivity index (χ2n) is 6.77. The fourth-order valence-electron chi connectivity index (χ4n) is 2.96. The minimum Gasteiger partial charge on any atom is -0.491 e. The fraction of sp³-hybridized carbons (Fsp3) is 0.600. The number of hydrogen-bond acceptors (Lipinski definition) is 2. The number of hydrogen-bond donors (Lipinski definition) is 1. The second-order valence-corrected chi connectivity index (χ2v) is 6.77. The van der Waals surface area contributed by atoms with Gasteiger partial charge in [-0.25, -0.2) is 0 Å². The van der Waals surface area contributed by atoms with Crippen molar-refractivity contribution in [1.82, 2.24) is 9.88 Å². The van der Waals surface area contributed by atoms with E-state index in [1.54, 1.807) is 0 Å². The molecule has 23 heavy (non-hydrogen) atoms. The summed E-state index contributed by atoms with van der Waals surface area (Å²) in [5.41, 5.74) is 4.09. The number of nitrogens with zero attached hydrogens (tertiary/aromatic N) is 1. The summed E-state index contributed by atoms with van der Waals surface area (Å²) < 4.78 is 8.48. The van der Waals surface area contributed by atoms with Gasteiger partial charge in [0.25, 0.3) is 0 Å². The van der Waals surface area contributed by atoms with Crippen molar-refractivity contribution in [3.63, 3.8) is 0 Å². The molecule has 0 bridgehead atoms. The smallest absolute Gasteiger partial charge is 0.120 e. The molecule has 2 aromatic rings. The van der Waals surface area contributed by atoms with Crippen LogP contribution >= 0.6 is 0 Å². The molecule has 3 heteroatoms. The first-order chi connectivity index (χ1) is 11.0. The minimum absolute atomic E-state index is 0.253. The van der Waals surface area contributed by atoms with Gasteiger partial charge in [0.2, 0.25) is 0 Å². The van der Waals surface area contributed by atoms with E-state index >= 15 is 0 Å². The molecule has 0 aliphatic rings. The van der Waals surface area contributed by atoms with Crippen LogP contribution in [0.1, 0.15) is 58.7 Å². The van der Waals surface area contributed by atoms with E-state index in [-0.39, 0.29) is 6.10 Å². The lowest BCUT2D eigenvalue weighted by Gasteiger charge is -2.13. The largest absolute Gasteiger partial charge is 0.491 e. The van der Waals surface area contributed by atoms with E-state index in [2.05, 4.69) is 69.6 Å². The van der Waals surface area contributed by atoms with Gasteiger partial charge in [-0.1, -0.05) is 27.7 Å². The Morgan fingerprint density at radius 1 is 1.17 bits per heavy atom. The van der Waals surface area contributed by atoms with Crippen molar-refractivity contribution in [3.05, 3.63) is 29.5 Å². The molecule has 0 fully saturated rings. The molecule has 0 amide bonds. The van der Waals surface area contributed by atoms with E-state index in [1.807, 2.05) is 0 Å². The Morgan fingerprint density at radius 3 is 2.52 bits per heavy atom. The van der Waals surface area contributed by atoms with Crippen LogP contribution < -0.4 is 10.1 Å². The first kappa shape index (κ1) is 17.9. The Kier molecular flexibility index (Phi) is 6.11. The zero-order valence-electron chi connectivity index (χ0n) is 15.6. The molecule has 3 nitrogen and oxygen atoms in total. The van der Waals surface area contributed by atoms with Gasteiger partial charge in [-0.2, -0.15) is 0 Å². The van der Waals surface area contributed by atoms with E-state index in [9.17, 15) is 0 Å². The van der Waals surface area contributed by atoms with Crippen LogP contribution in [0.4, 0.5) is 0 Å². The Hall–Kier alpha value is -1.48. The molecule has 0 radical (unpaired) electrons.